The Morgan fingerprint density at radius 3 is 2.95 bits per heavy atom. The Morgan fingerprint density at radius 1 is 1.45 bits per heavy atom. The van der Waals surface area contributed by atoms with E-state index in [1.807, 2.05) is 32.9 Å². The third kappa shape index (κ3) is 4.10. The normalized spacial score (nSPS) is 12.3. The van der Waals surface area contributed by atoms with Crippen molar-refractivity contribution in [1.29, 1.82) is 0 Å². The highest BCUT2D eigenvalue weighted by atomic mass is 32.2. The standard InChI is InChI=1S/C16H21N3O2S/c1-4-7-17-16(21)12(3)22-10-13-8-15(20)19-9-11(2)5-6-14(19)18-13/h5-6,8-9,12H,4,7,10H2,1-3H3,(H,17,21). The highest BCUT2D eigenvalue weighted by Gasteiger charge is 2.13. The molecule has 2 rings (SSSR count). The summed E-state index contributed by atoms with van der Waals surface area (Å²) in [5.74, 6) is 0.570. The Kier molecular flexibility index (Phi) is 5.60. The second-order valence-corrected chi connectivity index (χ2v) is 6.59. The number of hydrogen-bond donors (Lipinski definition) is 1. The number of hydrogen-bond acceptors (Lipinski definition) is 4. The Bertz CT molecular complexity index is 727. The number of thioether (sulfide) groups is 1. The molecule has 2 aromatic rings. The van der Waals surface area contributed by atoms with Gasteiger partial charge in [0.1, 0.15) is 5.65 Å². The van der Waals surface area contributed by atoms with Crippen molar-refractivity contribution in [3.05, 3.63) is 46.0 Å². The third-order valence-corrected chi connectivity index (χ3v) is 4.44. The lowest BCUT2D eigenvalue weighted by atomic mass is 10.3. The van der Waals surface area contributed by atoms with Crippen molar-refractivity contribution >= 4 is 23.3 Å². The molecule has 0 aliphatic heterocycles. The van der Waals surface area contributed by atoms with E-state index in [4.69, 9.17) is 0 Å². The number of rotatable bonds is 6. The minimum atomic E-state index is -0.162. The van der Waals surface area contributed by atoms with Crippen molar-refractivity contribution in [1.82, 2.24) is 14.7 Å². The summed E-state index contributed by atoms with van der Waals surface area (Å²) in [6.45, 7) is 6.52. The second-order valence-electron chi connectivity index (χ2n) is 5.26. The molecule has 118 valence electrons. The average Bonchev–Trinajstić information content (AvgIpc) is 2.51. The Hall–Kier alpha value is -1.82. The maximum atomic E-state index is 12.1. The molecule has 2 heterocycles. The molecular formula is C16H21N3O2S. The zero-order chi connectivity index (χ0) is 16.1. The van der Waals surface area contributed by atoms with Crippen molar-refractivity contribution in [3.63, 3.8) is 0 Å². The summed E-state index contributed by atoms with van der Waals surface area (Å²) in [4.78, 5) is 28.4. The molecule has 5 nitrogen and oxygen atoms in total. The predicted molar refractivity (Wildman–Crippen MR) is 90.3 cm³/mol. The third-order valence-electron chi connectivity index (χ3n) is 3.26. The van der Waals surface area contributed by atoms with Gasteiger partial charge < -0.3 is 5.32 Å². The molecule has 0 aromatic carbocycles. The fraction of sp³-hybridized carbons (Fsp3) is 0.438. The SMILES string of the molecule is CCCNC(=O)C(C)SCc1cc(=O)n2cc(C)ccc2n1. The van der Waals surface area contributed by atoms with Crippen LogP contribution in [-0.2, 0) is 10.5 Å². The lowest BCUT2D eigenvalue weighted by Gasteiger charge is -2.11. The van der Waals surface area contributed by atoms with Gasteiger partial charge in [0.2, 0.25) is 5.91 Å². The van der Waals surface area contributed by atoms with Crippen LogP contribution in [0.3, 0.4) is 0 Å². The van der Waals surface area contributed by atoms with Crippen LogP contribution in [0.1, 0.15) is 31.5 Å². The summed E-state index contributed by atoms with van der Waals surface area (Å²) in [7, 11) is 0. The molecule has 1 N–H and O–H groups in total. The van der Waals surface area contributed by atoms with Gasteiger partial charge in [-0.15, -0.1) is 11.8 Å². The van der Waals surface area contributed by atoms with E-state index in [1.165, 1.54) is 17.8 Å². The summed E-state index contributed by atoms with van der Waals surface area (Å²) in [6, 6.07) is 5.30. The second kappa shape index (κ2) is 7.45. The van der Waals surface area contributed by atoms with Crippen LogP contribution in [0.5, 0.6) is 0 Å². The van der Waals surface area contributed by atoms with E-state index in [-0.39, 0.29) is 16.7 Å². The van der Waals surface area contributed by atoms with Crippen LogP contribution in [0.2, 0.25) is 0 Å². The fourth-order valence-corrected chi connectivity index (χ4v) is 2.81. The first-order valence-corrected chi connectivity index (χ1v) is 8.44. The predicted octanol–water partition coefficient (Wildman–Crippen LogP) is 2.15. The molecular weight excluding hydrogens is 298 g/mol. The number of aromatic nitrogens is 2. The minimum Gasteiger partial charge on any atom is -0.355 e. The number of carbonyl (C=O) groups is 1. The van der Waals surface area contributed by atoms with Crippen molar-refractivity contribution in [2.75, 3.05) is 6.54 Å². The Balaban J connectivity index is 2.07. The Labute approximate surface area is 134 Å². The minimum absolute atomic E-state index is 0.0278. The molecule has 0 saturated heterocycles. The number of aryl methyl sites for hydroxylation is 1. The van der Waals surface area contributed by atoms with Crippen LogP contribution in [0.4, 0.5) is 0 Å². The van der Waals surface area contributed by atoms with E-state index < -0.39 is 0 Å². The zero-order valence-electron chi connectivity index (χ0n) is 13.1. The van der Waals surface area contributed by atoms with E-state index in [0.29, 0.717) is 23.6 Å². The lowest BCUT2D eigenvalue weighted by molar-refractivity contribution is -0.120. The van der Waals surface area contributed by atoms with Crippen molar-refractivity contribution < 1.29 is 4.79 Å². The number of amides is 1. The summed E-state index contributed by atoms with van der Waals surface area (Å²) in [5.41, 5.74) is 2.26. The molecule has 0 aliphatic carbocycles. The van der Waals surface area contributed by atoms with E-state index in [2.05, 4.69) is 10.3 Å². The molecule has 1 atom stereocenters. The summed E-state index contributed by atoms with van der Waals surface area (Å²) in [5, 5.41) is 2.71. The van der Waals surface area contributed by atoms with E-state index in [1.54, 1.807) is 10.6 Å². The molecule has 1 unspecified atom stereocenters. The van der Waals surface area contributed by atoms with Crippen molar-refractivity contribution in [2.45, 2.75) is 38.2 Å². The molecule has 0 saturated carbocycles. The molecule has 0 spiro atoms. The molecule has 6 heteroatoms. The smallest absolute Gasteiger partial charge is 0.258 e. The van der Waals surface area contributed by atoms with Crippen LogP contribution >= 0.6 is 11.8 Å². The molecule has 1 amide bonds. The molecule has 0 aliphatic rings. The fourth-order valence-electron chi connectivity index (χ4n) is 2.01. The zero-order valence-corrected chi connectivity index (χ0v) is 13.9. The van der Waals surface area contributed by atoms with Gasteiger partial charge in [-0.2, -0.15) is 0 Å². The number of nitrogens with zero attached hydrogens (tertiary/aromatic N) is 2. The maximum Gasteiger partial charge on any atom is 0.258 e. The lowest BCUT2D eigenvalue weighted by Crippen LogP contribution is -2.31. The quantitative estimate of drug-likeness (QED) is 0.886. The largest absolute Gasteiger partial charge is 0.355 e. The van der Waals surface area contributed by atoms with Gasteiger partial charge in [-0.05, 0) is 31.9 Å². The molecule has 22 heavy (non-hydrogen) atoms. The van der Waals surface area contributed by atoms with Gasteiger partial charge in [-0.3, -0.25) is 14.0 Å². The van der Waals surface area contributed by atoms with E-state index in [9.17, 15) is 9.59 Å². The highest BCUT2D eigenvalue weighted by molar-refractivity contribution is 7.99. The topological polar surface area (TPSA) is 63.5 Å². The first-order valence-electron chi connectivity index (χ1n) is 7.39. The van der Waals surface area contributed by atoms with E-state index in [0.717, 1.165) is 12.0 Å². The Morgan fingerprint density at radius 2 is 2.23 bits per heavy atom. The number of pyridine rings is 1. The first kappa shape index (κ1) is 16.5. The summed E-state index contributed by atoms with van der Waals surface area (Å²) in [6.07, 6.45) is 2.70. The van der Waals surface area contributed by atoms with Crippen LogP contribution in [-0.4, -0.2) is 27.1 Å². The average molecular weight is 319 g/mol. The van der Waals surface area contributed by atoms with Crippen LogP contribution in [0.25, 0.3) is 5.65 Å². The van der Waals surface area contributed by atoms with Crippen molar-refractivity contribution in [2.24, 2.45) is 0 Å². The maximum absolute atomic E-state index is 12.1. The van der Waals surface area contributed by atoms with Crippen LogP contribution in [0, 0.1) is 6.92 Å². The first-order chi connectivity index (χ1) is 10.5. The van der Waals surface area contributed by atoms with Gasteiger partial charge in [0.15, 0.2) is 0 Å². The number of nitrogens with one attached hydrogen (secondary N) is 1. The monoisotopic (exact) mass is 319 g/mol. The van der Waals surface area contributed by atoms with Gasteiger partial charge in [-0.25, -0.2) is 4.98 Å². The molecule has 2 aromatic heterocycles. The van der Waals surface area contributed by atoms with Crippen LogP contribution in [0.15, 0.2) is 29.2 Å². The van der Waals surface area contributed by atoms with Gasteiger partial charge in [0.05, 0.1) is 10.9 Å². The van der Waals surface area contributed by atoms with Crippen LogP contribution < -0.4 is 10.9 Å². The van der Waals surface area contributed by atoms with Gasteiger partial charge >= 0.3 is 0 Å². The highest BCUT2D eigenvalue weighted by Crippen LogP contribution is 2.16. The number of carbonyl (C=O) groups excluding carboxylic acids is 1. The van der Waals surface area contributed by atoms with Gasteiger partial charge in [0.25, 0.3) is 5.56 Å². The van der Waals surface area contributed by atoms with Gasteiger partial charge in [-0.1, -0.05) is 13.0 Å². The number of fused-ring (bicyclic) bond motifs is 1. The summed E-state index contributed by atoms with van der Waals surface area (Å²) >= 11 is 1.49. The molecule has 0 bridgehead atoms. The summed E-state index contributed by atoms with van der Waals surface area (Å²) < 4.78 is 1.54. The molecule has 0 fully saturated rings. The van der Waals surface area contributed by atoms with Crippen molar-refractivity contribution in [3.8, 4) is 0 Å². The van der Waals surface area contributed by atoms with Gasteiger partial charge in [0, 0.05) is 24.6 Å². The molecule has 0 radical (unpaired) electrons. The van der Waals surface area contributed by atoms with E-state index >= 15 is 0 Å².